The minimum atomic E-state index is 0. The Hall–Kier alpha value is -1.32. The Labute approximate surface area is 132 Å². The van der Waals surface area contributed by atoms with Crippen molar-refractivity contribution in [2.24, 2.45) is 10.7 Å². The van der Waals surface area contributed by atoms with Crippen LogP contribution >= 0.6 is 0 Å². The number of amidine groups is 2. The van der Waals surface area contributed by atoms with Crippen molar-refractivity contribution >= 4 is 11.7 Å². The fraction of sp³-hybridized carbons (Fsp3) is 0. The van der Waals surface area contributed by atoms with E-state index in [9.17, 15) is 0 Å². The van der Waals surface area contributed by atoms with Gasteiger partial charge in [0.25, 0.3) is 0 Å². The summed E-state index contributed by atoms with van der Waals surface area (Å²) in [5.41, 5.74) is 7.43. The van der Waals surface area contributed by atoms with Crippen LogP contribution in [-0.4, -0.2) is 11.7 Å². The maximum absolute atomic E-state index is 7.84. The van der Waals surface area contributed by atoms with Gasteiger partial charge in [-0.3, -0.25) is 5.41 Å². The number of rotatable bonds is 2. The molecule has 2 aromatic carbocycles. The van der Waals surface area contributed by atoms with Gasteiger partial charge in [0.05, 0.1) is 0 Å². The number of aliphatic imine (C=N–C) groups is 1. The third-order valence-corrected chi connectivity index (χ3v) is 2.35. The first-order valence-corrected chi connectivity index (χ1v) is 5.31. The molecule has 4 heteroatoms. The van der Waals surface area contributed by atoms with Gasteiger partial charge in [-0.25, -0.2) is 4.99 Å². The molecule has 2 aromatic rings. The SMILES string of the molecule is N=C(N=C(N)c1ccccc1)c1ccccc1.[Y]. The van der Waals surface area contributed by atoms with E-state index in [0.717, 1.165) is 11.1 Å². The molecule has 0 saturated heterocycles. The van der Waals surface area contributed by atoms with Crippen LogP contribution in [0, 0.1) is 5.41 Å². The molecule has 3 nitrogen and oxygen atoms in total. The Bertz CT molecular complexity index is 535. The topological polar surface area (TPSA) is 62.2 Å². The molecule has 1 radical (unpaired) electrons. The Morgan fingerprint density at radius 1 is 0.833 bits per heavy atom. The van der Waals surface area contributed by atoms with Gasteiger partial charge in [-0.1, -0.05) is 60.7 Å². The molecular formula is C14H13N3Y. The van der Waals surface area contributed by atoms with Gasteiger partial charge in [-0.2, -0.15) is 0 Å². The predicted octanol–water partition coefficient (Wildman–Crippen LogP) is 2.41. The number of nitrogens with two attached hydrogens (primary N) is 1. The molecule has 0 saturated carbocycles. The zero-order valence-corrected chi connectivity index (χ0v) is 12.7. The fourth-order valence-corrected chi connectivity index (χ4v) is 1.45. The van der Waals surface area contributed by atoms with Crippen molar-refractivity contribution in [1.29, 1.82) is 5.41 Å². The number of nitrogens with zero attached hydrogens (tertiary/aromatic N) is 1. The van der Waals surface area contributed by atoms with Gasteiger partial charge in [0.15, 0.2) is 5.84 Å². The van der Waals surface area contributed by atoms with Crippen LogP contribution in [0.2, 0.25) is 0 Å². The van der Waals surface area contributed by atoms with E-state index >= 15 is 0 Å². The van der Waals surface area contributed by atoms with Crippen LogP contribution in [0.25, 0.3) is 0 Å². The fourth-order valence-electron chi connectivity index (χ4n) is 1.45. The number of hydrogen-bond donors (Lipinski definition) is 2. The average molecular weight is 312 g/mol. The first-order valence-electron chi connectivity index (χ1n) is 5.31. The van der Waals surface area contributed by atoms with E-state index in [1.807, 2.05) is 60.7 Å². The molecule has 0 aromatic heterocycles. The van der Waals surface area contributed by atoms with Crippen LogP contribution in [0.3, 0.4) is 0 Å². The zero-order valence-electron chi connectivity index (χ0n) is 9.88. The summed E-state index contributed by atoms with van der Waals surface area (Å²) in [5, 5.41) is 7.84. The second kappa shape index (κ2) is 7.19. The van der Waals surface area contributed by atoms with E-state index in [0.29, 0.717) is 5.84 Å². The van der Waals surface area contributed by atoms with Crippen LogP contribution in [0.15, 0.2) is 65.7 Å². The van der Waals surface area contributed by atoms with E-state index in [4.69, 9.17) is 11.1 Å². The summed E-state index contributed by atoms with van der Waals surface area (Å²) < 4.78 is 0. The third-order valence-electron chi connectivity index (χ3n) is 2.35. The molecule has 0 fully saturated rings. The zero-order chi connectivity index (χ0) is 12.1. The summed E-state index contributed by atoms with van der Waals surface area (Å²) in [5.74, 6) is 0.534. The number of nitrogens with one attached hydrogen (secondary N) is 1. The smallest absolute Gasteiger partial charge is 0.154 e. The van der Waals surface area contributed by atoms with E-state index in [1.54, 1.807) is 0 Å². The van der Waals surface area contributed by atoms with Crippen LogP contribution in [-0.2, 0) is 32.7 Å². The van der Waals surface area contributed by atoms with Crippen LogP contribution in [0.5, 0.6) is 0 Å². The van der Waals surface area contributed by atoms with Crippen LogP contribution in [0.4, 0.5) is 0 Å². The molecule has 0 aliphatic carbocycles. The molecule has 0 bridgehead atoms. The molecule has 0 aliphatic rings. The van der Waals surface area contributed by atoms with Gasteiger partial charge in [-0.15, -0.1) is 0 Å². The Morgan fingerprint density at radius 3 is 1.78 bits per heavy atom. The van der Waals surface area contributed by atoms with E-state index < -0.39 is 0 Å². The summed E-state index contributed by atoms with van der Waals surface area (Å²) in [6.07, 6.45) is 0. The first kappa shape index (κ1) is 14.7. The molecule has 0 amide bonds. The van der Waals surface area contributed by atoms with Crippen molar-refractivity contribution < 1.29 is 32.7 Å². The maximum Gasteiger partial charge on any atom is 0.154 e. The maximum atomic E-state index is 7.84. The van der Waals surface area contributed by atoms with Crippen molar-refractivity contribution in [1.82, 2.24) is 0 Å². The Kier molecular flexibility index (Phi) is 5.89. The Balaban J connectivity index is 0.00000162. The molecule has 18 heavy (non-hydrogen) atoms. The molecule has 0 heterocycles. The average Bonchev–Trinajstić information content (AvgIpc) is 2.40. The van der Waals surface area contributed by atoms with Crippen molar-refractivity contribution in [2.75, 3.05) is 0 Å². The van der Waals surface area contributed by atoms with Crippen molar-refractivity contribution in [3.8, 4) is 0 Å². The third kappa shape index (κ3) is 3.86. The van der Waals surface area contributed by atoms with Crippen molar-refractivity contribution in [2.45, 2.75) is 0 Å². The van der Waals surface area contributed by atoms with Gasteiger partial charge in [0.2, 0.25) is 0 Å². The standard InChI is InChI=1S/C14H13N3.Y/c15-13(11-7-3-1-4-8-11)17-14(16)12-9-5-2-6-10-12;/h1-10H,(H3,15,16,17);. The minimum Gasteiger partial charge on any atom is -0.383 e. The second-order valence-corrected chi connectivity index (χ2v) is 3.58. The molecule has 87 valence electrons. The summed E-state index contributed by atoms with van der Waals surface area (Å²) in [6, 6.07) is 18.8. The summed E-state index contributed by atoms with van der Waals surface area (Å²) in [7, 11) is 0. The van der Waals surface area contributed by atoms with Gasteiger partial charge >= 0.3 is 0 Å². The molecular weight excluding hydrogens is 299 g/mol. The van der Waals surface area contributed by atoms with E-state index in [2.05, 4.69) is 4.99 Å². The van der Waals surface area contributed by atoms with Gasteiger partial charge in [0, 0.05) is 43.8 Å². The molecule has 0 spiro atoms. The molecule has 2 rings (SSSR count). The first-order chi connectivity index (χ1) is 8.27. The molecule has 0 atom stereocenters. The van der Waals surface area contributed by atoms with Gasteiger partial charge in [-0.05, 0) is 0 Å². The number of hydrogen-bond acceptors (Lipinski definition) is 1. The minimum absolute atomic E-state index is 0. The molecule has 3 N–H and O–H groups in total. The summed E-state index contributed by atoms with van der Waals surface area (Å²) in [4.78, 5) is 4.10. The van der Waals surface area contributed by atoms with Crippen molar-refractivity contribution in [3.05, 3.63) is 71.8 Å². The largest absolute Gasteiger partial charge is 0.383 e. The summed E-state index contributed by atoms with van der Waals surface area (Å²) in [6.45, 7) is 0. The normalized spacial score (nSPS) is 10.6. The second-order valence-electron chi connectivity index (χ2n) is 3.58. The summed E-state index contributed by atoms with van der Waals surface area (Å²) >= 11 is 0. The number of benzene rings is 2. The molecule has 0 unspecified atom stereocenters. The monoisotopic (exact) mass is 312 g/mol. The Morgan fingerprint density at radius 2 is 1.28 bits per heavy atom. The molecule has 0 aliphatic heterocycles. The van der Waals surface area contributed by atoms with E-state index in [1.165, 1.54) is 0 Å². The quantitative estimate of drug-likeness (QED) is 0.649. The van der Waals surface area contributed by atoms with Crippen molar-refractivity contribution in [3.63, 3.8) is 0 Å². The van der Waals surface area contributed by atoms with Gasteiger partial charge < -0.3 is 5.73 Å². The predicted molar refractivity (Wildman–Crippen MR) is 70.4 cm³/mol. The van der Waals surface area contributed by atoms with E-state index in [-0.39, 0.29) is 38.5 Å². The van der Waals surface area contributed by atoms with Crippen LogP contribution < -0.4 is 5.73 Å². The van der Waals surface area contributed by atoms with Gasteiger partial charge in [0.1, 0.15) is 5.84 Å². The van der Waals surface area contributed by atoms with Crippen LogP contribution in [0.1, 0.15) is 11.1 Å².